The van der Waals surface area contributed by atoms with Gasteiger partial charge in [-0.3, -0.25) is 14.6 Å². The molecule has 6 nitrogen and oxygen atoms in total. The quantitative estimate of drug-likeness (QED) is 0.766. The summed E-state index contributed by atoms with van der Waals surface area (Å²) < 4.78 is 2.03. The van der Waals surface area contributed by atoms with Gasteiger partial charge >= 0.3 is 0 Å². The Labute approximate surface area is 157 Å². The van der Waals surface area contributed by atoms with E-state index in [1.807, 2.05) is 21.0 Å². The van der Waals surface area contributed by atoms with E-state index < -0.39 is 0 Å². The summed E-state index contributed by atoms with van der Waals surface area (Å²) in [6.45, 7) is 5.76. The van der Waals surface area contributed by atoms with Gasteiger partial charge < -0.3 is 4.90 Å². The van der Waals surface area contributed by atoms with Crippen molar-refractivity contribution in [3.05, 3.63) is 47.1 Å². The Morgan fingerprint density at radius 3 is 2.65 bits per heavy atom. The predicted molar refractivity (Wildman–Crippen MR) is 104 cm³/mol. The lowest BCUT2D eigenvalue weighted by molar-refractivity contribution is -0.126. The zero-order valence-corrected chi connectivity index (χ0v) is 15.9. The van der Waals surface area contributed by atoms with Gasteiger partial charge in [0.05, 0.1) is 12.1 Å². The fraction of sp³-hybridized carbons (Fsp3) is 0.368. The summed E-state index contributed by atoms with van der Waals surface area (Å²) in [5.74, 6) is 0.0276. The Bertz CT molecular complexity index is 906. The van der Waals surface area contributed by atoms with E-state index in [4.69, 9.17) is 4.98 Å². The molecule has 1 saturated heterocycles. The van der Waals surface area contributed by atoms with Crippen molar-refractivity contribution in [2.75, 3.05) is 33.2 Å². The number of aryl methyl sites for hydroxylation is 1. The zero-order chi connectivity index (χ0) is 18.1. The van der Waals surface area contributed by atoms with Crippen molar-refractivity contribution in [3.63, 3.8) is 0 Å². The Kier molecular flexibility index (Phi) is 4.76. The molecule has 0 aliphatic carbocycles. The van der Waals surface area contributed by atoms with Gasteiger partial charge in [0.25, 0.3) is 0 Å². The number of hydrogen-bond donors (Lipinski definition) is 1. The lowest BCUT2D eigenvalue weighted by Gasteiger charge is -2.32. The summed E-state index contributed by atoms with van der Waals surface area (Å²) in [6.07, 6.45) is 2.38. The molecule has 1 fully saturated rings. The fourth-order valence-corrected chi connectivity index (χ4v) is 3.99. The van der Waals surface area contributed by atoms with E-state index in [0.717, 1.165) is 48.1 Å². The van der Waals surface area contributed by atoms with Gasteiger partial charge in [0.2, 0.25) is 5.91 Å². The van der Waals surface area contributed by atoms with E-state index in [9.17, 15) is 4.79 Å². The van der Waals surface area contributed by atoms with Crippen LogP contribution < -0.4 is 5.43 Å². The van der Waals surface area contributed by atoms with Crippen molar-refractivity contribution < 1.29 is 4.79 Å². The van der Waals surface area contributed by atoms with Crippen molar-refractivity contribution in [2.24, 2.45) is 0 Å². The molecule has 0 radical (unpaired) electrons. The number of hydrazine groups is 1. The van der Waals surface area contributed by atoms with Crippen LogP contribution in [0.3, 0.4) is 0 Å². The largest absolute Gasteiger partial charge is 0.304 e. The Balaban J connectivity index is 1.46. The maximum Gasteiger partial charge on any atom is 0.240 e. The summed E-state index contributed by atoms with van der Waals surface area (Å²) >= 11 is 1.57. The van der Waals surface area contributed by atoms with Crippen molar-refractivity contribution >= 4 is 22.2 Å². The van der Waals surface area contributed by atoms with Crippen LogP contribution in [0.25, 0.3) is 16.2 Å². The number of rotatable bonds is 4. The predicted octanol–water partition coefficient (Wildman–Crippen LogP) is 2.19. The number of nitrogens with one attached hydrogen (secondary N) is 1. The maximum atomic E-state index is 12.4. The molecule has 0 unspecified atom stereocenters. The minimum absolute atomic E-state index is 0.0276. The molecule has 0 saturated carbocycles. The zero-order valence-electron chi connectivity index (χ0n) is 15.1. The number of aromatic nitrogens is 2. The Morgan fingerprint density at radius 2 is 1.92 bits per heavy atom. The van der Waals surface area contributed by atoms with Crippen LogP contribution in [-0.4, -0.2) is 58.4 Å². The summed E-state index contributed by atoms with van der Waals surface area (Å²) in [5.41, 5.74) is 7.27. The first-order valence-electron chi connectivity index (χ1n) is 8.84. The lowest BCUT2D eigenvalue weighted by atomic mass is 10.1. The summed E-state index contributed by atoms with van der Waals surface area (Å²) in [5, 5.41) is 4.03. The molecular weight excluding hydrogens is 346 g/mol. The van der Waals surface area contributed by atoms with E-state index in [0.29, 0.717) is 6.42 Å². The fourth-order valence-electron chi connectivity index (χ4n) is 3.12. The molecule has 0 bridgehead atoms. The van der Waals surface area contributed by atoms with Gasteiger partial charge in [-0.1, -0.05) is 29.8 Å². The normalized spacial score (nSPS) is 16.2. The molecular formula is C19H23N5OS. The minimum Gasteiger partial charge on any atom is -0.304 e. The van der Waals surface area contributed by atoms with Crippen LogP contribution in [0, 0.1) is 6.92 Å². The number of carbonyl (C=O) groups is 1. The SMILES string of the molecule is Cc1ccc(-c2cn3c(CC(=O)NN4CCN(C)CC4)csc3n2)cc1. The van der Waals surface area contributed by atoms with Gasteiger partial charge in [-0.25, -0.2) is 9.99 Å². The van der Waals surface area contributed by atoms with Crippen molar-refractivity contribution in [1.29, 1.82) is 0 Å². The van der Waals surface area contributed by atoms with Gasteiger partial charge in [-0.15, -0.1) is 11.3 Å². The molecule has 0 atom stereocenters. The van der Waals surface area contributed by atoms with E-state index >= 15 is 0 Å². The number of thiazole rings is 1. The third-order valence-electron chi connectivity index (χ3n) is 4.76. The Morgan fingerprint density at radius 1 is 1.19 bits per heavy atom. The molecule has 7 heteroatoms. The molecule has 3 heterocycles. The number of hydrogen-bond acceptors (Lipinski definition) is 5. The van der Waals surface area contributed by atoms with E-state index in [1.54, 1.807) is 11.3 Å². The van der Waals surface area contributed by atoms with Crippen LogP contribution in [0.1, 0.15) is 11.3 Å². The van der Waals surface area contributed by atoms with Gasteiger partial charge in [0, 0.05) is 49.0 Å². The van der Waals surface area contributed by atoms with Crippen LogP contribution in [-0.2, 0) is 11.2 Å². The monoisotopic (exact) mass is 369 g/mol. The number of imidazole rings is 1. The number of likely N-dealkylation sites (N-methyl/N-ethyl adjacent to an activating group) is 1. The van der Waals surface area contributed by atoms with E-state index in [1.165, 1.54) is 5.56 Å². The highest BCUT2D eigenvalue weighted by molar-refractivity contribution is 7.15. The first-order valence-corrected chi connectivity index (χ1v) is 9.72. The van der Waals surface area contributed by atoms with Crippen LogP contribution in [0.4, 0.5) is 0 Å². The highest BCUT2D eigenvalue weighted by Gasteiger charge is 2.17. The van der Waals surface area contributed by atoms with Crippen molar-refractivity contribution in [2.45, 2.75) is 13.3 Å². The minimum atomic E-state index is 0.0276. The Hall–Kier alpha value is -2.22. The summed E-state index contributed by atoms with van der Waals surface area (Å²) in [6, 6.07) is 8.35. The molecule has 1 amide bonds. The third kappa shape index (κ3) is 3.65. The van der Waals surface area contributed by atoms with Gasteiger partial charge in [-0.05, 0) is 14.0 Å². The van der Waals surface area contributed by atoms with Gasteiger partial charge in [-0.2, -0.15) is 0 Å². The average molecular weight is 369 g/mol. The highest BCUT2D eigenvalue weighted by atomic mass is 32.1. The highest BCUT2D eigenvalue weighted by Crippen LogP contribution is 2.24. The number of amides is 1. The number of nitrogens with zero attached hydrogens (tertiary/aromatic N) is 4. The standard InChI is InChI=1S/C19H23N5OS/c1-14-3-5-15(6-4-14)17-12-24-16(13-26-19(24)20-17)11-18(25)21-23-9-7-22(2)8-10-23/h3-6,12-13H,7-11H2,1-2H3,(H,21,25). The van der Waals surface area contributed by atoms with Gasteiger partial charge in [0.15, 0.2) is 4.96 Å². The molecule has 1 aliphatic rings. The average Bonchev–Trinajstić information content (AvgIpc) is 3.20. The topological polar surface area (TPSA) is 52.9 Å². The molecule has 1 aromatic carbocycles. The van der Waals surface area contributed by atoms with Crippen LogP contribution in [0.2, 0.25) is 0 Å². The second kappa shape index (κ2) is 7.19. The smallest absolute Gasteiger partial charge is 0.240 e. The molecule has 26 heavy (non-hydrogen) atoms. The summed E-state index contributed by atoms with van der Waals surface area (Å²) in [4.78, 5) is 20.3. The van der Waals surface area contributed by atoms with Crippen LogP contribution in [0.5, 0.6) is 0 Å². The first kappa shape index (κ1) is 17.2. The number of benzene rings is 1. The lowest BCUT2D eigenvalue weighted by Crippen LogP contribution is -2.52. The second-order valence-electron chi connectivity index (χ2n) is 6.87. The molecule has 1 aliphatic heterocycles. The number of carbonyl (C=O) groups excluding carboxylic acids is 1. The second-order valence-corrected chi connectivity index (χ2v) is 7.71. The third-order valence-corrected chi connectivity index (χ3v) is 5.65. The molecule has 1 N–H and O–H groups in total. The van der Waals surface area contributed by atoms with Crippen molar-refractivity contribution in [3.8, 4) is 11.3 Å². The molecule has 136 valence electrons. The van der Waals surface area contributed by atoms with Crippen LogP contribution in [0.15, 0.2) is 35.8 Å². The van der Waals surface area contributed by atoms with Crippen molar-refractivity contribution in [1.82, 2.24) is 24.7 Å². The van der Waals surface area contributed by atoms with E-state index in [-0.39, 0.29) is 5.91 Å². The number of piperazine rings is 1. The van der Waals surface area contributed by atoms with E-state index in [2.05, 4.69) is 48.6 Å². The number of fused-ring (bicyclic) bond motifs is 1. The molecule has 2 aromatic heterocycles. The summed E-state index contributed by atoms with van der Waals surface area (Å²) in [7, 11) is 2.10. The first-order chi connectivity index (χ1) is 12.6. The van der Waals surface area contributed by atoms with Crippen LogP contribution >= 0.6 is 11.3 Å². The molecule has 0 spiro atoms. The maximum absolute atomic E-state index is 12.4. The van der Waals surface area contributed by atoms with Gasteiger partial charge in [0.1, 0.15) is 0 Å². The molecule has 3 aromatic rings. The molecule has 4 rings (SSSR count).